The van der Waals surface area contributed by atoms with Crippen molar-refractivity contribution in [1.82, 2.24) is 20.6 Å². The Kier molecular flexibility index (Phi) is 2.54. The maximum Gasteiger partial charge on any atom is 0.283 e. The zero-order chi connectivity index (χ0) is 10.5. The van der Waals surface area contributed by atoms with Crippen molar-refractivity contribution in [2.24, 2.45) is 5.10 Å². The lowest BCUT2D eigenvalue weighted by molar-refractivity contribution is 0.475. The van der Waals surface area contributed by atoms with Crippen molar-refractivity contribution in [3.63, 3.8) is 0 Å². The van der Waals surface area contributed by atoms with Gasteiger partial charge in [-0.05, 0) is 22.9 Å². The van der Waals surface area contributed by atoms with Gasteiger partial charge in [0.2, 0.25) is 0 Å². The second-order valence-corrected chi connectivity index (χ2v) is 2.70. The molecule has 76 valence electrons. The van der Waals surface area contributed by atoms with Crippen molar-refractivity contribution in [3.05, 3.63) is 29.8 Å². The number of aromatic hydroxyl groups is 1. The quantitative estimate of drug-likeness (QED) is 0.495. The second-order valence-electron chi connectivity index (χ2n) is 2.70. The van der Waals surface area contributed by atoms with E-state index in [4.69, 9.17) is 0 Å². The summed E-state index contributed by atoms with van der Waals surface area (Å²) in [5, 5.41) is 25.9. The van der Waals surface area contributed by atoms with E-state index in [0.29, 0.717) is 0 Å². The summed E-state index contributed by atoms with van der Waals surface area (Å²) in [5.74, 6) is 0.477. The van der Waals surface area contributed by atoms with Crippen LogP contribution in [0, 0.1) is 0 Å². The fraction of sp³-hybridized carbons (Fsp3) is 0. The molecule has 0 aliphatic carbocycles. The predicted molar refractivity (Wildman–Crippen MR) is 53.5 cm³/mol. The van der Waals surface area contributed by atoms with Crippen LogP contribution in [-0.2, 0) is 0 Å². The van der Waals surface area contributed by atoms with Crippen LogP contribution in [0.2, 0.25) is 0 Å². The van der Waals surface area contributed by atoms with E-state index in [0.717, 1.165) is 5.56 Å². The molecule has 0 aliphatic heterocycles. The molecule has 0 saturated carbocycles. The summed E-state index contributed by atoms with van der Waals surface area (Å²) in [6, 6.07) is 6.71. The Balaban J connectivity index is 2.00. The molecule has 1 heterocycles. The van der Waals surface area contributed by atoms with Gasteiger partial charge < -0.3 is 5.11 Å². The van der Waals surface area contributed by atoms with Crippen molar-refractivity contribution < 1.29 is 5.11 Å². The summed E-state index contributed by atoms with van der Waals surface area (Å²) in [6.45, 7) is 0. The minimum atomic E-state index is 0.193. The summed E-state index contributed by atoms with van der Waals surface area (Å²) in [5.41, 5.74) is 3.33. The number of nitrogens with zero attached hydrogens (tertiary/aromatic N) is 4. The molecule has 7 nitrogen and oxygen atoms in total. The molecule has 0 aliphatic rings. The van der Waals surface area contributed by atoms with Gasteiger partial charge >= 0.3 is 0 Å². The van der Waals surface area contributed by atoms with Gasteiger partial charge in [0.05, 0.1) is 6.21 Å². The van der Waals surface area contributed by atoms with Gasteiger partial charge in [0.1, 0.15) is 5.75 Å². The van der Waals surface area contributed by atoms with E-state index in [1.165, 1.54) is 6.21 Å². The first kappa shape index (κ1) is 9.13. The lowest BCUT2D eigenvalue weighted by atomic mass is 10.2. The van der Waals surface area contributed by atoms with Gasteiger partial charge in [-0.1, -0.05) is 17.2 Å². The second kappa shape index (κ2) is 4.18. The van der Waals surface area contributed by atoms with Crippen LogP contribution in [0.15, 0.2) is 29.4 Å². The number of rotatable bonds is 3. The summed E-state index contributed by atoms with van der Waals surface area (Å²) in [4.78, 5) is 0. The van der Waals surface area contributed by atoms with Crippen molar-refractivity contribution in [2.75, 3.05) is 5.43 Å². The average molecular weight is 204 g/mol. The van der Waals surface area contributed by atoms with E-state index < -0.39 is 0 Å². The Morgan fingerprint density at radius 1 is 1.47 bits per heavy atom. The maximum atomic E-state index is 9.17. The standard InChI is InChI=1S/C8H8N6O/c15-7-3-1-2-6(4-7)5-9-10-8-11-13-14-12-8/h1-5,15H,(H2,10,11,12,13,14)/b9-5-. The van der Waals surface area contributed by atoms with Gasteiger partial charge in [-0.15, -0.1) is 5.10 Å². The number of aromatic nitrogens is 4. The monoisotopic (exact) mass is 204 g/mol. The number of hydrogen-bond acceptors (Lipinski definition) is 6. The number of benzene rings is 1. The number of phenolic OH excluding ortho intramolecular Hbond substituents is 1. The zero-order valence-electron chi connectivity index (χ0n) is 7.62. The van der Waals surface area contributed by atoms with Crippen LogP contribution < -0.4 is 5.43 Å². The van der Waals surface area contributed by atoms with Crippen LogP contribution in [0.5, 0.6) is 5.75 Å². The zero-order valence-corrected chi connectivity index (χ0v) is 7.62. The first-order chi connectivity index (χ1) is 7.34. The molecular weight excluding hydrogens is 196 g/mol. The fourth-order valence-electron chi connectivity index (χ4n) is 0.979. The number of phenols is 1. The van der Waals surface area contributed by atoms with Gasteiger partial charge in [-0.2, -0.15) is 10.3 Å². The van der Waals surface area contributed by atoms with Crippen molar-refractivity contribution in [1.29, 1.82) is 0 Å². The highest BCUT2D eigenvalue weighted by Crippen LogP contribution is 2.08. The highest BCUT2D eigenvalue weighted by Gasteiger charge is 1.92. The third-order valence-electron chi connectivity index (χ3n) is 1.59. The van der Waals surface area contributed by atoms with Crippen LogP contribution in [0.25, 0.3) is 0 Å². The normalized spacial score (nSPS) is 10.7. The van der Waals surface area contributed by atoms with Gasteiger partial charge in [-0.25, -0.2) is 5.43 Å². The lowest BCUT2D eigenvalue weighted by Gasteiger charge is -1.94. The molecule has 0 radical (unpaired) electrons. The van der Waals surface area contributed by atoms with Crippen LogP contribution in [-0.4, -0.2) is 31.9 Å². The maximum absolute atomic E-state index is 9.17. The highest BCUT2D eigenvalue weighted by atomic mass is 16.3. The number of hydrogen-bond donors (Lipinski definition) is 3. The van der Waals surface area contributed by atoms with Gasteiger partial charge in [0.15, 0.2) is 0 Å². The molecule has 0 bridgehead atoms. The van der Waals surface area contributed by atoms with Crippen LogP contribution in [0.4, 0.5) is 5.95 Å². The molecule has 1 aromatic carbocycles. The minimum absolute atomic E-state index is 0.193. The number of nitrogens with one attached hydrogen (secondary N) is 2. The van der Waals surface area contributed by atoms with Crippen molar-refractivity contribution in [3.8, 4) is 5.75 Å². The molecular formula is C8H8N6O. The van der Waals surface area contributed by atoms with Crippen LogP contribution in [0.3, 0.4) is 0 Å². The summed E-state index contributed by atoms with van der Waals surface area (Å²) in [6.07, 6.45) is 1.54. The predicted octanol–water partition coefficient (Wildman–Crippen LogP) is 0.351. The largest absolute Gasteiger partial charge is 0.508 e. The summed E-state index contributed by atoms with van der Waals surface area (Å²) >= 11 is 0. The topological polar surface area (TPSA) is 99.1 Å². The summed E-state index contributed by atoms with van der Waals surface area (Å²) in [7, 11) is 0. The smallest absolute Gasteiger partial charge is 0.283 e. The first-order valence-electron chi connectivity index (χ1n) is 4.16. The van der Waals surface area contributed by atoms with E-state index in [1.807, 2.05) is 0 Å². The Morgan fingerprint density at radius 3 is 3.13 bits per heavy atom. The Labute approximate surface area is 84.8 Å². The van der Waals surface area contributed by atoms with E-state index >= 15 is 0 Å². The SMILES string of the molecule is Oc1cccc(/C=N\Nc2nn[nH]n2)c1. The van der Waals surface area contributed by atoms with E-state index in [1.54, 1.807) is 24.3 Å². The van der Waals surface area contributed by atoms with E-state index in [-0.39, 0.29) is 11.7 Å². The van der Waals surface area contributed by atoms with Gasteiger partial charge in [-0.3, -0.25) is 0 Å². The molecule has 7 heteroatoms. The highest BCUT2D eigenvalue weighted by molar-refractivity contribution is 5.80. The van der Waals surface area contributed by atoms with Crippen molar-refractivity contribution >= 4 is 12.2 Å². The minimum Gasteiger partial charge on any atom is -0.508 e. The number of aromatic amines is 1. The van der Waals surface area contributed by atoms with E-state index in [9.17, 15) is 5.11 Å². The molecule has 0 spiro atoms. The molecule has 2 rings (SSSR count). The number of hydrazone groups is 1. The number of anilines is 1. The molecule has 0 atom stereocenters. The lowest BCUT2D eigenvalue weighted by Crippen LogP contribution is -1.92. The molecule has 2 aromatic rings. The molecule has 3 N–H and O–H groups in total. The molecule has 0 unspecified atom stereocenters. The Bertz CT molecular complexity index is 452. The van der Waals surface area contributed by atoms with Gasteiger partial charge in [0.25, 0.3) is 5.95 Å². The Hall–Kier alpha value is -2.44. The van der Waals surface area contributed by atoms with Gasteiger partial charge in [0, 0.05) is 0 Å². The number of tetrazole rings is 1. The third-order valence-corrected chi connectivity index (χ3v) is 1.59. The fourth-order valence-corrected chi connectivity index (χ4v) is 0.979. The average Bonchev–Trinajstić information content (AvgIpc) is 2.71. The van der Waals surface area contributed by atoms with Crippen LogP contribution in [0.1, 0.15) is 5.56 Å². The molecule has 0 fully saturated rings. The summed E-state index contributed by atoms with van der Waals surface area (Å²) < 4.78 is 0. The van der Waals surface area contributed by atoms with Crippen LogP contribution >= 0.6 is 0 Å². The first-order valence-corrected chi connectivity index (χ1v) is 4.16. The molecule has 15 heavy (non-hydrogen) atoms. The molecule has 1 aromatic heterocycles. The Morgan fingerprint density at radius 2 is 2.40 bits per heavy atom. The number of H-pyrrole nitrogens is 1. The van der Waals surface area contributed by atoms with E-state index in [2.05, 4.69) is 31.2 Å². The molecule has 0 saturated heterocycles. The molecule has 0 amide bonds. The third kappa shape index (κ3) is 2.50. The van der Waals surface area contributed by atoms with Crippen molar-refractivity contribution in [2.45, 2.75) is 0 Å².